The van der Waals surface area contributed by atoms with Crippen molar-refractivity contribution < 1.29 is 14.3 Å². The van der Waals surface area contributed by atoms with Crippen molar-refractivity contribution in [2.24, 2.45) is 0 Å². The van der Waals surface area contributed by atoms with Gasteiger partial charge >= 0.3 is 6.09 Å². The molecule has 0 saturated heterocycles. The maximum atomic E-state index is 12.2. The second kappa shape index (κ2) is 7.01. The molecule has 0 aromatic heterocycles. The molecule has 6 heteroatoms. The summed E-state index contributed by atoms with van der Waals surface area (Å²) in [4.78, 5) is 23.8. The molecule has 22 heavy (non-hydrogen) atoms. The lowest BCUT2D eigenvalue weighted by Gasteiger charge is -2.22. The van der Waals surface area contributed by atoms with E-state index in [0.717, 1.165) is 11.1 Å². The summed E-state index contributed by atoms with van der Waals surface area (Å²) in [6, 6.07) is 2.95. The second-order valence-corrected chi connectivity index (χ2v) is 6.70. The van der Waals surface area contributed by atoms with Crippen LogP contribution in [0.25, 0.3) is 0 Å². The minimum Gasteiger partial charge on any atom is -0.444 e. The molecule has 1 aromatic rings. The van der Waals surface area contributed by atoms with Crippen molar-refractivity contribution in [3.8, 4) is 0 Å². The first-order valence-corrected chi connectivity index (χ1v) is 7.44. The van der Waals surface area contributed by atoms with E-state index in [1.807, 2.05) is 19.9 Å². The first-order valence-electron chi connectivity index (χ1n) is 7.06. The molecule has 2 N–H and O–H groups in total. The number of amides is 2. The minimum atomic E-state index is -0.744. The number of carbonyl (C=O) groups is 2. The fraction of sp³-hybridized carbons (Fsp3) is 0.500. The van der Waals surface area contributed by atoms with E-state index in [1.54, 1.807) is 33.8 Å². The van der Waals surface area contributed by atoms with Crippen LogP contribution in [0.4, 0.5) is 10.5 Å². The Labute approximate surface area is 136 Å². The highest BCUT2D eigenvalue weighted by Gasteiger charge is 2.21. The van der Waals surface area contributed by atoms with Crippen molar-refractivity contribution >= 4 is 29.3 Å². The van der Waals surface area contributed by atoms with E-state index in [4.69, 9.17) is 16.3 Å². The molecule has 0 aliphatic rings. The van der Waals surface area contributed by atoms with E-state index in [1.165, 1.54) is 0 Å². The Bertz CT molecular complexity index is 556. The van der Waals surface area contributed by atoms with Crippen molar-refractivity contribution in [3.05, 3.63) is 28.3 Å². The third-order valence-corrected chi connectivity index (χ3v) is 3.10. The molecular weight excluding hydrogens is 304 g/mol. The molecule has 1 rings (SSSR count). The third kappa shape index (κ3) is 5.56. The Morgan fingerprint density at radius 2 is 1.82 bits per heavy atom. The predicted molar refractivity (Wildman–Crippen MR) is 88.4 cm³/mol. The average molecular weight is 327 g/mol. The van der Waals surface area contributed by atoms with E-state index in [-0.39, 0.29) is 5.91 Å². The van der Waals surface area contributed by atoms with Crippen LogP contribution in [-0.4, -0.2) is 23.6 Å². The van der Waals surface area contributed by atoms with Crippen molar-refractivity contribution in [3.63, 3.8) is 0 Å². The molecule has 1 unspecified atom stereocenters. The van der Waals surface area contributed by atoms with Crippen LogP contribution in [0.3, 0.4) is 0 Å². The summed E-state index contributed by atoms with van der Waals surface area (Å²) in [5.41, 5.74) is 1.82. The van der Waals surface area contributed by atoms with Crippen LogP contribution in [-0.2, 0) is 9.53 Å². The Balaban J connectivity index is 2.71. The Hall–Kier alpha value is -1.75. The van der Waals surface area contributed by atoms with Crippen LogP contribution in [0, 0.1) is 13.8 Å². The zero-order chi connectivity index (χ0) is 17.1. The number of carbonyl (C=O) groups excluding carboxylic acids is 2. The van der Waals surface area contributed by atoms with Crippen LogP contribution in [0.15, 0.2) is 12.1 Å². The number of aryl methyl sites for hydroxylation is 2. The zero-order valence-electron chi connectivity index (χ0n) is 13.8. The molecule has 0 bridgehead atoms. The summed E-state index contributed by atoms with van der Waals surface area (Å²) in [6.45, 7) is 10.6. The van der Waals surface area contributed by atoms with E-state index in [9.17, 15) is 9.59 Å². The van der Waals surface area contributed by atoms with Crippen molar-refractivity contribution in [1.29, 1.82) is 0 Å². The summed E-state index contributed by atoms with van der Waals surface area (Å²) < 4.78 is 5.12. The van der Waals surface area contributed by atoms with Crippen molar-refractivity contribution in [2.75, 3.05) is 5.32 Å². The van der Waals surface area contributed by atoms with Crippen LogP contribution in [0.5, 0.6) is 0 Å². The number of hydrogen-bond donors (Lipinski definition) is 2. The fourth-order valence-electron chi connectivity index (χ4n) is 1.86. The zero-order valence-corrected chi connectivity index (χ0v) is 14.6. The van der Waals surface area contributed by atoms with E-state index >= 15 is 0 Å². The van der Waals surface area contributed by atoms with Gasteiger partial charge in [-0.1, -0.05) is 17.7 Å². The number of hydrogen-bond acceptors (Lipinski definition) is 3. The summed E-state index contributed by atoms with van der Waals surface area (Å²) in [6.07, 6.45) is -0.637. The van der Waals surface area contributed by atoms with Crippen LogP contribution < -0.4 is 10.6 Å². The van der Waals surface area contributed by atoms with Crippen molar-refractivity contribution in [2.45, 2.75) is 53.2 Å². The van der Waals surface area contributed by atoms with Gasteiger partial charge in [-0.15, -0.1) is 0 Å². The first-order chi connectivity index (χ1) is 9.99. The predicted octanol–water partition coefficient (Wildman–Crippen LogP) is 3.81. The molecule has 1 atom stereocenters. The topological polar surface area (TPSA) is 67.4 Å². The number of rotatable bonds is 3. The molecule has 1 aromatic carbocycles. The van der Waals surface area contributed by atoms with Crippen LogP contribution in [0.2, 0.25) is 5.02 Å². The van der Waals surface area contributed by atoms with E-state index in [2.05, 4.69) is 10.6 Å². The maximum Gasteiger partial charge on any atom is 0.408 e. The van der Waals surface area contributed by atoms with Gasteiger partial charge in [-0.05, 0) is 58.7 Å². The lowest BCUT2D eigenvalue weighted by molar-refractivity contribution is -0.117. The highest BCUT2D eigenvalue weighted by molar-refractivity contribution is 6.34. The van der Waals surface area contributed by atoms with Gasteiger partial charge in [-0.3, -0.25) is 4.79 Å². The van der Waals surface area contributed by atoms with Gasteiger partial charge < -0.3 is 15.4 Å². The number of anilines is 1. The largest absolute Gasteiger partial charge is 0.444 e. The molecule has 122 valence electrons. The first kappa shape index (κ1) is 18.3. The van der Waals surface area contributed by atoms with Gasteiger partial charge in [0.05, 0.1) is 10.7 Å². The van der Waals surface area contributed by atoms with Crippen molar-refractivity contribution in [1.82, 2.24) is 5.32 Å². The summed E-state index contributed by atoms with van der Waals surface area (Å²) in [5.74, 6) is -0.361. The second-order valence-electron chi connectivity index (χ2n) is 6.30. The van der Waals surface area contributed by atoms with Crippen LogP contribution >= 0.6 is 11.6 Å². The molecule has 0 aliphatic heterocycles. The summed E-state index contributed by atoms with van der Waals surface area (Å²) >= 11 is 6.15. The summed E-state index contributed by atoms with van der Waals surface area (Å²) in [5, 5.41) is 5.69. The highest BCUT2D eigenvalue weighted by atomic mass is 35.5. The number of nitrogens with one attached hydrogen (secondary N) is 2. The monoisotopic (exact) mass is 326 g/mol. The normalized spacial score (nSPS) is 12.5. The summed E-state index contributed by atoms with van der Waals surface area (Å²) in [7, 11) is 0. The highest BCUT2D eigenvalue weighted by Crippen LogP contribution is 2.27. The third-order valence-electron chi connectivity index (χ3n) is 2.81. The Morgan fingerprint density at radius 1 is 1.23 bits per heavy atom. The average Bonchev–Trinajstić information content (AvgIpc) is 2.30. The molecule has 0 radical (unpaired) electrons. The van der Waals surface area contributed by atoms with Crippen LogP contribution in [0.1, 0.15) is 38.8 Å². The number of ether oxygens (including phenoxy) is 1. The fourth-order valence-corrected chi connectivity index (χ4v) is 2.22. The molecule has 0 saturated carbocycles. The molecule has 0 heterocycles. The number of halogens is 1. The molecule has 2 amide bonds. The molecule has 0 fully saturated rings. The van der Waals surface area contributed by atoms with Gasteiger partial charge in [0.25, 0.3) is 0 Å². The maximum absolute atomic E-state index is 12.2. The standard InChI is InChI=1S/C16H23ClN2O3/c1-9-7-10(2)13(12(17)8-9)19-14(20)11(3)18-15(21)22-16(4,5)6/h7-8,11H,1-6H3,(H,18,21)(H,19,20). The number of benzene rings is 1. The Morgan fingerprint density at radius 3 is 2.32 bits per heavy atom. The molecule has 5 nitrogen and oxygen atoms in total. The van der Waals surface area contributed by atoms with Gasteiger partial charge in [0.1, 0.15) is 11.6 Å². The number of alkyl carbamates (subject to hydrolysis) is 1. The SMILES string of the molecule is Cc1cc(C)c(NC(=O)C(C)NC(=O)OC(C)(C)C)c(Cl)c1. The van der Waals surface area contributed by atoms with Gasteiger partial charge in [-0.25, -0.2) is 4.79 Å². The lowest BCUT2D eigenvalue weighted by Crippen LogP contribution is -2.44. The molecule has 0 spiro atoms. The quantitative estimate of drug-likeness (QED) is 0.887. The minimum absolute atomic E-state index is 0.361. The Kier molecular flexibility index (Phi) is 5.83. The van der Waals surface area contributed by atoms with Gasteiger partial charge in [0.2, 0.25) is 5.91 Å². The molecule has 0 aliphatic carbocycles. The van der Waals surface area contributed by atoms with Gasteiger partial charge in [0.15, 0.2) is 0 Å². The van der Waals surface area contributed by atoms with Gasteiger partial charge in [0, 0.05) is 0 Å². The smallest absolute Gasteiger partial charge is 0.408 e. The van der Waals surface area contributed by atoms with E-state index in [0.29, 0.717) is 10.7 Å². The lowest BCUT2D eigenvalue weighted by atomic mass is 10.1. The van der Waals surface area contributed by atoms with Gasteiger partial charge in [-0.2, -0.15) is 0 Å². The molecular formula is C16H23ClN2O3. The van der Waals surface area contributed by atoms with E-state index < -0.39 is 17.7 Å².